The van der Waals surface area contributed by atoms with Gasteiger partial charge < -0.3 is 19.6 Å². The molecule has 32 heavy (non-hydrogen) atoms. The first kappa shape index (κ1) is 23.5. The Morgan fingerprint density at radius 2 is 2.16 bits per heavy atom. The van der Waals surface area contributed by atoms with Crippen LogP contribution < -0.4 is 5.56 Å². The highest BCUT2D eigenvalue weighted by molar-refractivity contribution is 7.18. The molecule has 1 aliphatic carbocycles. The molecule has 1 atom stereocenters. The zero-order valence-electron chi connectivity index (χ0n) is 18.7. The predicted octanol–water partition coefficient (Wildman–Crippen LogP) is 1.56. The molecule has 0 spiro atoms. The summed E-state index contributed by atoms with van der Waals surface area (Å²) in [7, 11) is 0. The first-order valence-electron chi connectivity index (χ1n) is 11.6. The van der Waals surface area contributed by atoms with Crippen LogP contribution in [-0.4, -0.2) is 90.1 Å². The van der Waals surface area contributed by atoms with Crippen LogP contribution in [0.5, 0.6) is 0 Å². The van der Waals surface area contributed by atoms with E-state index in [-0.39, 0.29) is 12.2 Å². The SMILES string of the molecule is C=CCOCC(O)CN(CCN1CCOCC1)Cc1nc2sc3c(c2c(=O)[nH]1)CCCC3. The Bertz CT molecular complexity index is 953. The molecule has 0 bridgehead atoms. The molecule has 0 aromatic carbocycles. The fourth-order valence-electron chi connectivity index (χ4n) is 4.48. The normalized spacial score (nSPS) is 18.2. The van der Waals surface area contributed by atoms with Crippen LogP contribution in [0.15, 0.2) is 17.4 Å². The van der Waals surface area contributed by atoms with Gasteiger partial charge in [-0.1, -0.05) is 6.08 Å². The minimum absolute atomic E-state index is 0.0348. The first-order valence-corrected chi connectivity index (χ1v) is 12.4. The van der Waals surface area contributed by atoms with E-state index >= 15 is 0 Å². The lowest BCUT2D eigenvalue weighted by atomic mass is 9.97. The molecule has 3 heterocycles. The van der Waals surface area contributed by atoms with Crippen molar-refractivity contribution in [1.82, 2.24) is 19.8 Å². The molecule has 1 unspecified atom stereocenters. The molecule has 1 saturated heterocycles. The molecule has 1 fully saturated rings. The van der Waals surface area contributed by atoms with E-state index in [1.807, 2.05) is 0 Å². The van der Waals surface area contributed by atoms with E-state index in [1.165, 1.54) is 16.9 Å². The number of H-pyrrole nitrogens is 1. The lowest BCUT2D eigenvalue weighted by molar-refractivity contribution is 0.0124. The zero-order valence-corrected chi connectivity index (χ0v) is 19.5. The summed E-state index contributed by atoms with van der Waals surface area (Å²) in [6.45, 7) is 10.2. The molecular weight excluding hydrogens is 428 g/mol. The van der Waals surface area contributed by atoms with Crippen molar-refractivity contribution in [3.8, 4) is 0 Å². The van der Waals surface area contributed by atoms with Crippen LogP contribution in [0, 0.1) is 0 Å². The van der Waals surface area contributed by atoms with E-state index < -0.39 is 6.10 Å². The van der Waals surface area contributed by atoms with Crippen LogP contribution in [0.3, 0.4) is 0 Å². The van der Waals surface area contributed by atoms with Gasteiger partial charge in [-0.3, -0.25) is 14.6 Å². The molecule has 0 saturated carbocycles. The zero-order chi connectivity index (χ0) is 22.3. The number of aromatic amines is 1. The Morgan fingerprint density at radius 3 is 2.97 bits per heavy atom. The molecule has 8 nitrogen and oxygen atoms in total. The average molecular weight is 463 g/mol. The van der Waals surface area contributed by atoms with E-state index in [4.69, 9.17) is 14.5 Å². The molecule has 176 valence electrons. The summed E-state index contributed by atoms with van der Waals surface area (Å²) < 4.78 is 10.9. The molecule has 0 amide bonds. The average Bonchev–Trinajstić information content (AvgIpc) is 3.17. The highest BCUT2D eigenvalue weighted by atomic mass is 32.1. The standard InChI is InChI=1S/C23H34N4O4S/c1-2-11-31-16-17(28)14-27(8-7-26-9-12-30-13-10-26)15-20-24-22(29)21-18-5-3-4-6-19(18)32-23(21)25-20/h2,17,28H,1,3-16H2,(H,24,25,29). The number of hydrogen-bond acceptors (Lipinski definition) is 8. The summed E-state index contributed by atoms with van der Waals surface area (Å²) >= 11 is 1.67. The number of rotatable bonds is 11. The third-order valence-corrected chi connectivity index (χ3v) is 7.28. The van der Waals surface area contributed by atoms with Gasteiger partial charge in [-0.05, 0) is 31.2 Å². The monoisotopic (exact) mass is 462 g/mol. The number of morpholine rings is 1. The Balaban J connectivity index is 1.47. The van der Waals surface area contributed by atoms with Crippen molar-refractivity contribution < 1.29 is 14.6 Å². The van der Waals surface area contributed by atoms with E-state index in [1.54, 1.807) is 17.4 Å². The van der Waals surface area contributed by atoms with E-state index in [0.717, 1.165) is 68.9 Å². The summed E-state index contributed by atoms with van der Waals surface area (Å²) in [5.41, 5.74) is 1.17. The fraction of sp³-hybridized carbons (Fsp3) is 0.652. The number of ether oxygens (including phenoxy) is 2. The highest BCUT2D eigenvalue weighted by Gasteiger charge is 2.21. The number of nitrogens with one attached hydrogen (secondary N) is 1. The minimum Gasteiger partial charge on any atom is -0.389 e. The Labute approximate surface area is 192 Å². The van der Waals surface area contributed by atoms with Crippen LogP contribution >= 0.6 is 11.3 Å². The Hall–Kier alpha value is -1.62. The second-order valence-electron chi connectivity index (χ2n) is 8.57. The largest absolute Gasteiger partial charge is 0.389 e. The van der Waals surface area contributed by atoms with Crippen LogP contribution in [0.2, 0.25) is 0 Å². The summed E-state index contributed by atoms with van der Waals surface area (Å²) in [5.74, 6) is 0.655. The summed E-state index contributed by atoms with van der Waals surface area (Å²) in [4.78, 5) is 27.4. The van der Waals surface area contributed by atoms with Gasteiger partial charge in [0.05, 0.1) is 44.5 Å². The van der Waals surface area contributed by atoms with Crippen LogP contribution in [0.25, 0.3) is 10.2 Å². The number of fused-ring (bicyclic) bond motifs is 3. The Morgan fingerprint density at radius 1 is 1.34 bits per heavy atom. The highest BCUT2D eigenvalue weighted by Crippen LogP contribution is 2.33. The third-order valence-electron chi connectivity index (χ3n) is 6.10. The van der Waals surface area contributed by atoms with Gasteiger partial charge in [0.25, 0.3) is 5.56 Å². The number of aryl methyl sites for hydroxylation is 2. The molecule has 4 rings (SSSR count). The van der Waals surface area contributed by atoms with E-state index in [9.17, 15) is 9.90 Å². The van der Waals surface area contributed by atoms with Crippen LogP contribution in [0.4, 0.5) is 0 Å². The third kappa shape index (κ3) is 6.03. The van der Waals surface area contributed by atoms with Gasteiger partial charge in [0, 0.05) is 37.6 Å². The fourth-order valence-corrected chi connectivity index (χ4v) is 5.76. The van der Waals surface area contributed by atoms with Crippen molar-refractivity contribution in [1.29, 1.82) is 0 Å². The van der Waals surface area contributed by atoms with Crippen molar-refractivity contribution in [2.24, 2.45) is 0 Å². The van der Waals surface area contributed by atoms with Gasteiger partial charge in [-0.25, -0.2) is 4.98 Å². The lowest BCUT2D eigenvalue weighted by Crippen LogP contribution is -2.43. The van der Waals surface area contributed by atoms with E-state index in [0.29, 0.717) is 25.5 Å². The maximum Gasteiger partial charge on any atom is 0.259 e. The summed E-state index contributed by atoms with van der Waals surface area (Å²) in [6, 6.07) is 0. The molecule has 2 N–H and O–H groups in total. The van der Waals surface area contributed by atoms with Gasteiger partial charge in [-0.2, -0.15) is 0 Å². The van der Waals surface area contributed by atoms with Gasteiger partial charge in [-0.15, -0.1) is 17.9 Å². The smallest absolute Gasteiger partial charge is 0.259 e. The number of aromatic nitrogens is 2. The van der Waals surface area contributed by atoms with Gasteiger partial charge in [0.1, 0.15) is 10.7 Å². The van der Waals surface area contributed by atoms with Gasteiger partial charge in [0.2, 0.25) is 0 Å². The number of nitrogens with zero attached hydrogens (tertiary/aromatic N) is 3. The van der Waals surface area contributed by atoms with Crippen molar-refractivity contribution >= 4 is 21.6 Å². The minimum atomic E-state index is -0.621. The molecule has 9 heteroatoms. The maximum atomic E-state index is 12.9. The molecule has 2 aromatic rings. The van der Waals surface area contributed by atoms with Crippen LogP contribution in [-0.2, 0) is 28.9 Å². The number of hydrogen-bond donors (Lipinski definition) is 2. The van der Waals surface area contributed by atoms with Crippen LogP contribution in [0.1, 0.15) is 29.1 Å². The van der Waals surface area contributed by atoms with Crippen molar-refractivity contribution in [2.45, 2.75) is 38.3 Å². The van der Waals surface area contributed by atoms with Gasteiger partial charge >= 0.3 is 0 Å². The van der Waals surface area contributed by atoms with Crippen molar-refractivity contribution in [3.63, 3.8) is 0 Å². The summed E-state index contributed by atoms with van der Waals surface area (Å²) in [5, 5.41) is 11.3. The van der Waals surface area contributed by atoms with Crippen molar-refractivity contribution in [3.05, 3.63) is 39.3 Å². The maximum absolute atomic E-state index is 12.9. The second kappa shape index (κ2) is 11.5. The topological polar surface area (TPSA) is 90.9 Å². The molecule has 2 aliphatic rings. The van der Waals surface area contributed by atoms with E-state index in [2.05, 4.69) is 21.4 Å². The number of aliphatic hydroxyl groups excluding tert-OH is 1. The Kier molecular flexibility index (Phi) is 8.45. The molecule has 2 aromatic heterocycles. The predicted molar refractivity (Wildman–Crippen MR) is 126 cm³/mol. The first-order chi connectivity index (χ1) is 15.6. The molecule has 0 radical (unpaired) electrons. The van der Waals surface area contributed by atoms with Crippen molar-refractivity contribution in [2.75, 3.05) is 59.2 Å². The summed E-state index contributed by atoms with van der Waals surface area (Å²) in [6.07, 6.45) is 5.40. The molecule has 1 aliphatic heterocycles. The lowest BCUT2D eigenvalue weighted by Gasteiger charge is -2.30. The van der Waals surface area contributed by atoms with Gasteiger partial charge in [0.15, 0.2) is 0 Å². The molecular formula is C23H34N4O4S. The quantitative estimate of drug-likeness (QED) is 0.387. The second-order valence-corrected chi connectivity index (χ2v) is 9.66. The number of aliphatic hydroxyl groups is 1. The number of thiophene rings is 1.